The van der Waals surface area contributed by atoms with E-state index >= 15 is 0 Å². The number of ether oxygens (including phenoxy) is 1. The molecule has 0 aromatic rings. The summed E-state index contributed by atoms with van der Waals surface area (Å²) in [6.07, 6.45) is 7.59. The van der Waals surface area contributed by atoms with Crippen molar-refractivity contribution >= 4 is 15.8 Å². The summed E-state index contributed by atoms with van der Waals surface area (Å²) in [6.45, 7) is 2.84. The van der Waals surface area contributed by atoms with Crippen LogP contribution in [-0.4, -0.2) is 57.0 Å². The summed E-state index contributed by atoms with van der Waals surface area (Å²) in [6, 6.07) is -0.0448. The van der Waals surface area contributed by atoms with Crippen molar-refractivity contribution in [3.63, 3.8) is 0 Å². The Morgan fingerprint density at radius 1 is 1.19 bits per heavy atom. The molecule has 0 aliphatic carbocycles. The standard InChI is InChI=1S/C15H29NO4S/c1-3-4-5-6-7-8-10-20-15(17)12-16(2)14-9-11-21(18,19)13-14/h14H,3-13H2,1-2H3. The molecule has 0 saturated carbocycles. The summed E-state index contributed by atoms with van der Waals surface area (Å²) in [5.74, 6) is 0.138. The van der Waals surface area contributed by atoms with Gasteiger partial charge in [0.1, 0.15) is 0 Å². The predicted octanol–water partition coefficient (Wildman–Crippen LogP) is 2.01. The molecule has 1 fully saturated rings. The van der Waals surface area contributed by atoms with Crippen molar-refractivity contribution < 1.29 is 17.9 Å². The molecule has 0 aromatic heterocycles. The first-order valence-corrected chi connectivity index (χ1v) is 9.83. The number of likely N-dealkylation sites (N-methyl/N-ethyl adjacent to an activating group) is 1. The molecule has 21 heavy (non-hydrogen) atoms. The van der Waals surface area contributed by atoms with Crippen LogP contribution >= 0.6 is 0 Å². The quantitative estimate of drug-likeness (QED) is 0.455. The topological polar surface area (TPSA) is 63.7 Å². The van der Waals surface area contributed by atoms with Gasteiger partial charge in [-0.15, -0.1) is 0 Å². The minimum atomic E-state index is -2.90. The summed E-state index contributed by atoms with van der Waals surface area (Å²) < 4.78 is 28.0. The largest absolute Gasteiger partial charge is 0.465 e. The summed E-state index contributed by atoms with van der Waals surface area (Å²) in [5, 5.41) is 0. The summed E-state index contributed by atoms with van der Waals surface area (Å²) in [4.78, 5) is 13.5. The predicted molar refractivity (Wildman–Crippen MR) is 84.0 cm³/mol. The summed E-state index contributed by atoms with van der Waals surface area (Å²) >= 11 is 0. The minimum Gasteiger partial charge on any atom is -0.465 e. The highest BCUT2D eigenvalue weighted by Crippen LogP contribution is 2.16. The fourth-order valence-electron chi connectivity index (χ4n) is 2.57. The Hall–Kier alpha value is -0.620. The molecule has 124 valence electrons. The van der Waals surface area contributed by atoms with E-state index in [0.717, 1.165) is 12.8 Å². The minimum absolute atomic E-state index is 0.0448. The molecule has 0 amide bonds. The third-order valence-electron chi connectivity index (χ3n) is 3.97. The molecule has 0 N–H and O–H groups in total. The van der Waals surface area contributed by atoms with E-state index < -0.39 is 9.84 Å². The zero-order valence-electron chi connectivity index (χ0n) is 13.3. The maximum absolute atomic E-state index is 11.7. The van der Waals surface area contributed by atoms with Gasteiger partial charge in [-0.1, -0.05) is 39.0 Å². The van der Waals surface area contributed by atoms with Crippen LogP contribution in [0.4, 0.5) is 0 Å². The van der Waals surface area contributed by atoms with Crippen LogP contribution in [0.5, 0.6) is 0 Å². The van der Waals surface area contributed by atoms with Gasteiger partial charge in [-0.3, -0.25) is 9.69 Å². The molecule has 1 heterocycles. The van der Waals surface area contributed by atoms with Gasteiger partial charge in [-0.25, -0.2) is 8.42 Å². The Kier molecular flexibility index (Phi) is 8.26. The van der Waals surface area contributed by atoms with Crippen molar-refractivity contribution in [1.29, 1.82) is 0 Å². The van der Waals surface area contributed by atoms with Gasteiger partial charge < -0.3 is 4.74 Å². The van der Waals surface area contributed by atoms with Crippen LogP contribution in [0.1, 0.15) is 51.9 Å². The van der Waals surface area contributed by atoms with Gasteiger partial charge in [0.25, 0.3) is 0 Å². The molecule has 1 unspecified atom stereocenters. The first kappa shape index (κ1) is 18.4. The SMILES string of the molecule is CCCCCCCCOC(=O)CN(C)C1CCS(=O)(=O)C1. The number of nitrogens with zero attached hydrogens (tertiary/aromatic N) is 1. The van der Waals surface area contributed by atoms with Crippen molar-refractivity contribution in [1.82, 2.24) is 4.90 Å². The fourth-order valence-corrected chi connectivity index (χ4v) is 4.38. The number of hydrogen-bond acceptors (Lipinski definition) is 5. The molecule has 1 rings (SSSR count). The lowest BCUT2D eigenvalue weighted by molar-refractivity contribution is -0.145. The molecule has 0 radical (unpaired) electrons. The number of unbranched alkanes of at least 4 members (excludes halogenated alkanes) is 5. The van der Waals surface area contributed by atoms with Crippen LogP contribution in [0.15, 0.2) is 0 Å². The van der Waals surface area contributed by atoms with Crippen LogP contribution in [0.25, 0.3) is 0 Å². The van der Waals surface area contributed by atoms with Crippen molar-refractivity contribution in [2.75, 3.05) is 31.7 Å². The van der Waals surface area contributed by atoms with Gasteiger partial charge in [-0.2, -0.15) is 0 Å². The van der Waals surface area contributed by atoms with Gasteiger partial charge in [0, 0.05) is 6.04 Å². The average molecular weight is 319 g/mol. The first-order valence-electron chi connectivity index (χ1n) is 8.01. The third-order valence-corrected chi connectivity index (χ3v) is 5.72. The lowest BCUT2D eigenvalue weighted by Crippen LogP contribution is -2.37. The van der Waals surface area contributed by atoms with Crippen molar-refractivity contribution in [3.8, 4) is 0 Å². The molecule has 0 bridgehead atoms. The molecule has 0 aromatic carbocycles. The van der Waals surface area contributed by atoms with Gasteiger partial charge >= 0.3 is 5.97 Å². The zero-order chi connectivity index (χ0) is 15.7. The van der Waals surface area contributed by atoms with Crippen LogP contribution < -0.4 is 0 Å². The van der Waals surface area contributed by atoms with E-state index in [0.29, 0.717) is 13.0 Å². The van der Waals surface area contributed by atoms with E-state index in [-0.39, 0.29) is 30.1 Å². The number of sulfone groups is 1. The number of esters is 1. The lowest BCUT2D eigenvalue weighted by Gasteiger charge is -2.21. The molecular weight excluding hydrogens is 290 g/mol. The molecule has 1 aliphatic heterocycles. The molecule has 6 heteroatoms. The van der Waals surface area contributed by atoms with Crippen LogP contribution in [0.3, 0.4) is 0 Å². The second kappa shape index (κ2) is 9.41. The summed E-state index contributed by atoms with van der Waals surface area (Å²) in [7, 11) is -1.11. The Morgan fingerprint density at radius 3 is 2.48 bits per heavy atom. The Labute approximate surface area is 129 Å². The van der Waals surface area contributed by atoms with Crippen molar-refractivity contribution in [2.24, 2.45) is 0 Å². The number of hydrogen-bond donors (Lipinski definition) is 0. The molecule has 1 aliphatic rings. The highest BCUT2D eigenvalue weighted by Gasteiger charge is 2.31. The Morgan fingerprint density at radius 2 is 1.86 bits per heavy atom. The van der Waals surface area contributed by atoms with E-state index in [1.165, 1.54) is 25.7 Å². The van der Waals surface area contributed by atoms with Gasteiger partial charge in [0.15, 0.2) is 9.84 Å². The third kappa shape index (κ3) is 7.81. The lowest BCUT2D eigenvalue weighted by atomic mass is 10.1. The van der Waals surface area contributed by atoms with Gasteiger partial charge in [0.05, 0.1) is 24.7 Å². The molecule has 0 spiro atoms. The van der Waals surface area contributed by atoms with E-state index in [9.17, 15) is 13.2 Å². The van der Waals surface area contributed by atoms with E-state index in [4.69, 9.17) is 4.74 Å². The number of carbonyl (C=O) groups excluding carboxylic acids is 1. The van der Waals surface area contributed by atoms with Gasteiger partial charge in [0.2, 0.25) is 0 Å². The first-order chi connectivity index (χ1) is 9.94. The summed E-state index contributed by atoms with van der Waals surface area (Å²) in [5.41, 5.74) is 0. The van der Waals surface area contributed by atoms with E-state index in [1.54, 1.807) is 11.9 Å². The molecule has 1 atom stereocenters. The van der Waals surface area contributed by atoms with Crippen molar-refractivity contribution in [3.05, 3.63) is 0 Å². The zero-order valence-corrected chi connectivity index (χ0v) is 14.2. The van der Waals surface area contributed by atoms with Crippen molar-refractivity contribution in [2.45, 2.75) is 57.9 Å². The molecule has 1 saturated heterocycles. The normalized spacial score (nSPS) is 20.8. The van der Waals surface area contributed by atoms with Crippen LogP contribution in [0, 0.1) is 0 Å². The van der Waals surface area contributed by atoms with E-state index in [2.05, 4.69) is 6.92 Å². The Bertz CT molecular complexity index is 408. The Balaban J connectivity index is 2.08. The number of carbonyl (C=O) groups is 1. The number of rotatable bonds is 10. The second-order valence-corrected chi connectivity index (χ2v) is 8.19. The van der Waals surface area contributed by atoms with Crippen LogP contribution in [-0.2, 0) is 19.4 Å². The van der Waals surface area contributed by atoms with Gasteiger partial charge in [-0.05, 0) is 19.9 Å². The second-order valence-electron chi connectivity index (χ2n) is 5.96. The van der Waals surface area contributed by atoms with Crippen LogP contribution in [0.2, 0.25) is 0 Å². The molecule has 5 nitrogen and oxygen atoms in total. The average Bonchev–Trinajstić information content (AvgIpc) is 2.78. The molecular formula is C15H29NO4S. The maximum atomic E-state index is 11.7. The highest BCUT2D eigenvalue weighted by atomic mass is 32.2. The highest BCUT2D eigenvalue weighted by molar-refractivity contribution is 7.91. The van der Waals surface area contributed by atoms with E-state index in [1.807, 2.05) is 0 Å². The maximum Gasteiger partial charge on any atom is 0.320 e. The monoisotopic (exact) mass is 319 g/mol. The smallest absolute Gasteiger partial charge is 0.320 e. The fraction of sp³-hybridized carbons (Fsp3) is 0.933.